The van der Waals surface area contributed by atoms with Gasteiger partial charge in [0.15, 0.2) is 0 Å². The molecule has 3 nitrogen and oxygen atoms in total. The minimum absolute atomic E-state index is 0.198. The predicted molar refractivity (Wildman–Crippen MR) is 50.5 cm³/mol. The maximum Gasteiger partial charge on any atom is 0.306 e. The van der Waals surface area contributed by atoms with Crippen LogP contribution in [-0.2, 0) is 9.53 Å². The van der Waals surface area contributed by atoms with Gasteiger partial charge in [-0.1, -0.05) is 24.0 Å². The number of ether oxygens (including phenoxy) is 1. The van der Waals surface area contributed by atoms with Gasteiger partial charge < -0.3 is 10.5 Å². The van der Waals surface area contributed by atoms with E-state index in [-0.39, 0.29) is 5.97 Å². The van der Waals surface area contributed by atoms with Crippen LogP contribution in [0.25, 0.3) is 0 Å². The maximum absolute atomic E-state index is 10.7. The second kappa shape index (κ2) is 6.42. The normalized spacial score (nSPS) is 9.18. The molecule has 2 N–H and O–H groups in total. The number of hydrogen-bond acceptors (Lipinski definition) is 4. The molecule has 0 amide bonds. The van der Waals surface area contributed by atoms with Crippen molar-refractivity contribution in [3.05, 3.63) is 0 Å². The molecule has 0 spiro atoms. The van der Waals surface area contributed by atoms with Crippen LogP contribution in [0.4, 0.5) is 0 Å². The number of thiocarbonyl (C=S) groups is 1. The van der Waals surface area contributed by atoms with Crippen molar-refractivity contribution >= 4 is 34.3 Å². The molecule has 64 valence electrons. The molecule has 0 saturated carbocycles. The van der Waals surface area contributed by atoms with Gasteiger partial charge in [0.25, 0.3) is 0 Å². The Morgan fingerprint density at radius 2 is 2.36 bits per heavy atom. The third-order valence-electron chi connectivity index (χ3n) is 0.856. The molecule has 0 aliphatic carbocycles. The van der Waals surface area contributed by atoms with E-state index in [4.69, 9.17) is 5.73 Å². The average Bonchev–Trinajstić information content (AvgIpc) is 1.87. The number of nitrogens with two attached hydrogens (primary N) is 1. The van der Waals surface area contributed by atoms with Gasteiger partial charge >= 0.3 is 5.97 Å². The summed E-state index contributed by atoms with van der Waals surface area (Å²) < 4.78 is 5.06. The summed E-state index contributed by atoms with van der Waals surface area (Å²) in [7, 11) is 0. The van der Waals surface area contributed by atoms with Crippen LogP contribution >= 0.6 is 24.0 Å². The number of carbonyl (C=O) groups is 1. The Bertz CT molecular complexity index is 150. The van der Waals surface area contributed by atoms with E-state index < -0.39 is 0 Å². The molecule has 5 heteroatoms. The average molecular weight is 193 g/mol. The van der Waals surface area contributed by atoms with E-state index in [0.717, 1.165) is 0 Å². The summed E-state index contributed by atoms with van der Waals surface area (Å²) >= 11 is 5.89. The number of rotatable bonds is 4. The quantitative estimate of drug-likeness (QED) is 0.531. The van der Waals surface area contributed by atoms with Crippen molar-refractivity contribution in [2.75, 3.05) is 12.4 Å². The van der Waals surface area contributed by atoms with E-state index in [2.05, 4.69) is 17.0 Å². The zero-order valence-electron chi connectivity index (χ0n) is 6.33. The lowest BCUT2D eigenvalue weighted by Gasteiger charge is -1.99. The molecule has 0 aliphatic rings. The van der Waals surface area contributed by atoms with Crippen molar-refractivity contribution in [3.8, 4) is 0 Å². The SMILES string of the molecule is CCOC(=O)CCSC(N)=S. The summed E-state index contributed by atoms with van der Waals surface area (Å²) in [6.07, 6.45) is 0.371. The molecule has 0 atom stereocenters. The number of hydrogen-bond donors (Lipinski definition) is 1. The molecule has 0 aromatic heterocycles. The van der Waals surface area contributed by atoms with Crippen molar-refractivity contribution in [1.29, 1.82) is 0 Å². The van der Waals surface area contributed by atoms with Gasteiger partial charge in [0.05, 0.1) is 13.0 Å². The van der Waals surface area contributed by atoms with E-state index in [9.17, 15) is 4.79 Å². The van der Waals surface area contributed by atoms with Crippen LogP contribution in [0, 0.1) is 0 Å². The molecule has 0 aromatic rings. The van der Waals surface area contributed by atoms with Gasteiger partial charge in [-0.3, -0.25) is 4.79 Å². The standard InChI is InChI=1S/C6H11NO2S2/c1-2-9-5(8)3-4-11-6(7)10/h2-4H2,1H3,(H2,7,10). The van der Waals surface area contributed by atoms with Crippen molar-refractivity contribution in [2.24, 2.45) is 5.73 Å². The lowest BCUT2D eigenvalue weighted by molar-refractivity contribution is -0.142. The Balaban J connectivity index is 3.24. The van der Waals surface area contributed by atoms with Gasteiger partial charge in [0, 0.05) is 5.75 Å². The Morgan fingerprint density at radius 1 is 1.73 bits per heavy atom. The van der Waals surface area contributed by atoms with E-state index in [1.54, 1.807) is 6.92 Å². The van der Waals surface area contributed by atoms with Crippen LogP contribution in [0.1, 0.15) is 13.3 Å². The molecule has 0 unspecified atom stereocenters. The molecule has 11 heavy (non-hydrogen) atoms. The first-order chi connectivity index (χ1) is 5.16. The third-order valence-corrected chi connectivity index (χ3v) is 1.90. The van der Waals surface area contributed by atoms with Crippen LogP contribution in [-0.4, -0.2) is 22.6 Å². The highest BCUT2D eigenvalue weighted by Gasteiger charge is 2.00. The highest BCUT2D eigenvalue weighted by Crippen LogP contribution is 2.02. The summed E-state index contributed by atoms with van der Waals surface area (Å²) in [5, 5.41) is 0. The van der Waals surface area contributed by atoms with Crippen molar-refractivity contribution in [2.45, 2.75) is 13.3 Å². The molecule has 0 heterocycles. The summed E-state index contributed by atoms with van der Waals surface area (Å²) in [5.74, 6) is 0.407. The first-order valence-electron chi connectivity index (χ1n) is 3.24. The fourth-order valence-corrected chi connectivity index (χ4v) is 1.19. The minimum Gasteiger partial charge on any atom is -0.466 e. The van der Waals surface area contributed by atoms with E-state index >= 15 is 0 Å². The lowest BCUT2D eigenvalue weighted by Crippen LogP contribution is -2.08. The van der Waals surface area contributed by atoms with Crippen LogP contribution in [0.2, 0.25) is 0 Å². The third kappa shape index (κ3) is 7.61. The summed E-state index contributed by atoms with van der Waals surface area (Å²) in [6, 6.07) is 0. The summed E-state index contributed by atoms with van der Waals surface area (Å²) in [5.41, 5.74) is 5.19. The van der Waals surface area contributed by atoms with E-state index in [0.29, 0.717) is 23.1 Å². The summed E-state index contributed by atoms with van der Waals surface area (Å²) in [6.45, 7) is 2.20. The molecule has 0 aromatic carbocycles. The van der Waals surface area contributed by atoms with Crippen LogP contribution in [0.5, 0.6) is 0 Å². The van der Waals surface area contributed by atoms with Crippen LogP contribution in [0.15, 0.2) is 0 Å². The minimum atomic E-state index is -0.198. The number of carbonyl (C=O) groups excluding carboxylic acids is 1. The zero-order chi connectivity index (χ0) is 8.69. The molecule has 0 bridgehead atoms. The largest absolute Gasteiger partial charge is 0.466 e. The lowest BCUT2D eigenvalue weighted by atomic mass is 10.5. The van der Waals surface area contributed by atoms with Crippen molar-refractivity contribution < 1.29 is 9.53 Å². The van der Waals surface area contributed by atoms with Gasteiger partial charge in [-0.05, 0) is 6.92 Å². The Kier molecular flexibility index (Phi) is 6.25. The van der Waals surface area contributed by atoms with Crippen LogP contribution < -0.4 is 5.73 Å². The van der Waals surface area contributed by atoms with Gasteiger partial charge in [-0.15, -0.1) is 0 Å². The number of thioether (sulfide) groups is 1. The van der Waals surface area contributed by atoms with Gasteiger partial charge in [-0.2, -0.15) is 0 Å². The predicted octanol–water partition coefficient (Wildman–Crippen LogP) is 0.916. The molecule has 0 aliphatic heterocycles. The highest BCUT2D eigenvalue weighted by atomic mass is 32.2. The van der Waals surface area contributed by atoms with E-state index in [1.807, 2.05) is 0 Å². The first-order valence-corrected chi connectivity index (χ1v) is 4.64. The fraction of sp³-hybridized carbons (Fsp3) is 0.667. The highest BCUT2D eigenvalue weighted by molar-refractivity contribution is 8.22. The van der Waals surface area contributed by atoms with Gasteiger partial charge in [-0.25, -0.2) is 0 Å². The van der Waals surface area contributed by atoms with E-state index in [1.165, 1.54) is 11.8 Å². The zero-order valence-corrected chi connectivity index (χ0v) is 7.96. The molecular weight excluding hydrogens is 182 g/mol. The topological polar surface area (TPSA) is 52.3 Å². The van der Waals surface area contributed by atoms with Gasteiger partial charge in [0.1, 0.15) is 4.32 Å². The monoisotopic (exact) mass is 193 g/mol. The van der Waals surface area contributed by atoms with Crippen LogP contribution in [0.3, 0.4) is 0 Å². The second-order valence-electron chi connectivity index (χ2n) is 1.72. The van der Waals surface area contributed by atoms with Crippen molar-refractivity contribution in [3.63, 3.8) is 0 Å². The molecule has 0 rings (SSSR count). The fourth-order valence-electron chi connectivity index (χ4n) is 0.468. The molecule has 0 radical (unpaired) electrons. The number of esters is 1. The molecular formula is C6H11NO2S2. The Morgan fingerprint density at radius 3 is 2.82 bits per heavy atom. The van der Waals surface area contributed by atoms with Gasteiger partial charge in [0.2, 0.25) is 0 Å². The second-order valence-corrected chi connectivity index (χ2v) is 3.56. The first kappa shape index (κ1) is 10.7. The Hall–Kier alpha value is -0.290. The molecule has 0 saturated heterocycles. The van der Waals surface area contributed by atoms with Crippen molar-refractivity contribution in [1.82, 2.24) is 0 Å². The Labute approximate surface area is 75.7 Å². The smallest absolute Gasteiger partial charge is 0.306 e. The molecule has 0 fully saturated rings. The summed E-state index contributed by atoms with van der Waals surface area (Å²) in [4.78, 5) is 10.7. The maximum atomic E-state index is 10.7.